The molecule has 9 heteroatoms. The van der Waals surface area contributed by atoms with Crippen LogP contribution in [0.25, 0.3) is 0 Å². The molecule has 0 atom stereocenters. The SMILES string of the molecule is CCNc1sc(S(=O)(=O)NCCCC2CC2)cc1[N+](=O)[O-]. The molecule has 1 aliphatic carbocycles. The topological polar surface area (TPSA) is 101 Å². The van der Waals surface area contributed by atoms with E-state index in [4.69, 9.17) is 0 Å². The van der Waals surface area contributed by atoms with E-state index in [9.17, 15) is 18.5 Å². The second-order valence-corrected chi connectivity index (χ2v) is 8.10. The average Bonchev–Trinajstić information content (AvgIpc) is 3.13. The summed E-state index contributed by atoms with van der Waals surface area (Å²) in [6, 6.07) is 1.12. The molecule has 0 bridgehead atoms. The third-order valence-electron chi connectivity index (χ3n) is 3.27. The smallest absolute Gasteiger partial charge is 0.304 e. The van der Waals surface area contributed by atoms with Crippen molar-refractivity contribution in [2.45, 2.75) is 36.8 Å². The molecule has 2 N–H and O–H groups in total. The molecule has 0 unspecified atom stereocenters. The molecule has 2 rings (SSSR count). The molecule has 7 nitrogen and oxygen atoms in total. The van der Waals surface area contributed by atoms with E-state index in [-0.39, 0.29) is 14.9 Å². The molecule has 1 aliphatic rings. The normalized spacial score (nSPS) is 15.1. The van der Waals surface area contributed by atoms with Gasteiger partial charge >= 0.3 is 5.69 Å². The van der Waals surface area contributed by atoms with Crippen LogP contribution in [0.4, 0.5) is 10.7 Å². The van der Waals surface area contributed by atoms with Gasteiger partial charge in [-0.15, -0.1) is 0 Å². The summed E-state index contributed by atoms with van der Waals surface area (Å²) >= 11 is 0.893. The van der Waals surface area contributed by atoms with Gasteiger partial charge in [0.15, 0.2) is 5.00 Å². The second-order valence-electron chi connectivity index (χ2n) is 5.05. The Morgan fingerprint density at radius 1 is 1.48 bits per heavy atom. The van der Waals surface area contributed by atoms with Gasteiger partial charge in [0.1, 0.15) is 4.21 Å². The van der Waals surface area contributed by atoms with Crippen molar-refractivity contribution in [1.29, 1.82) is 0 Å². The predicted molar refractivity (Wildman–Crippen MR) is 82.3 cm³/mol. The van der Waals surface area contributed by atoms with Gasteiger partial charge in [-0.3, -0.25) is 10.1 Å². The molecular weight excluding hydrogens is 314 g/mol. The van der Waals surface area contributed by atoms with Crippen molar-refractivity contribution >= 4 is 32.0 Å². The lowest BCUT2D eigenvalue weighted by atomic mass is 10.2. The van der Waals surface area contributed by atoms with Crippen molar-refractivity contribution in [3.63, 3.8) is 0 Å². The minimum Gasteiger partial charge on any atom is -0.372 e. The number of nitrogens with zero attached hydrogens (tertiary/aromatic N) is 1. The van der Waals surface area contributed by atoms with Crippen LogP contribution >= 0.6 is 11.3 Å². The molecule has 1 saturated carbocycles. The van der Waals surface area contributed by atoms with Gasteiger partial charge in [-0.05, 0) is 25.7 Å². The van der Waals surface area contributed by atoms with Crippen LogP contribution < -0.4 is 10.0 Å². The van der Waals surface area contributed by atoms with Crippen LogP contribution in [-0.2, 0) is 10.0 Å². The van der Waals surface area contributed by atoms with Crippen molar-refractivity contribution in [2.24, 2.45) is 5.92 Å². The first-order chi connectivity index (χ1) is 9.94. The van der Waals surface area contributed by atoms with Crippen LogP contribution in [0.15, 0.2) is 10.3 Å². The molecule has 0 spiro atoms. The zero-order valence-corrected chi connectivity index (χ0v) is 13.4. The number of hydrogen-bond acceptors (Lipinski definition) is 6. The standard InChI is InChI=1S/C12H19N3O4S2/c1-2-13-12-10(15(16)17)8-11(20-12)21(18,19)14-7-3-4-9-5-6-9/h8-9,13-14H,2-7H2,1H3. The van der Waals surface area contributed by atoms with Crippen molar-refractivity contribution < 1.29 is 13.3 Å². The Morgan fingerprint density at radius 3 is 2.76 bits per heavy atom. The van der Waals surface area contributed by atoms with Crippen LogP contribution in [0.3, 0.4) is 0 Å². The zero-order chi connectivity index (χ0) is 15.5. The molecule has 1 fully saturated rings. The predicted octanol–water partition coefficient (Wildman–Crippen LogP) is 2.56. The molecule has 1 aromatic rings. The number of sulfonamides is 1. The van der Waals surface area contributed by atoms with Gasteiger partial charge in [0.25, 0.3) is 0 Å². The maximum absolute atomic E-state index is 12.1. The van der Waals surface area contributed by atoms with Gasteiger partial charge in [0.2, 0.25) is 10.0 Å². The van der Waals surface area contributed by atoms with Crippen LogP contribution in [0, 0.1) is 16.0 Å². The summed E-state index contributed by atoms with van der Waals surface area (Å²) in [6.45, 7) is 2.67. The number of thiophene rings is 1. The number of rotatable bonds is 9. The van der Waals surface area contributed by atoms with Crippen LogP contribution in [0.1, 0.15) is 32.6 Å². The Balaban J connectivity index is 2.03. The summed E-state index contributed by atoms with van der Waals surface area (Å²) in [5.41, 5.74) is -0.194. The summed E-state index contributed by atoms with van der Waals surface area (Å²) in [6.07, 6.45) is 4.33. The highest BCUT2D eigenvalue weighted by Crippen LogP contribution is 2.37. The van der Waals surface area contributed by atoms with E-state index in [1.165, 1.54) is 12.8 Å². The maximum atomic E-state index is 12.1. The second kappa shape index (κ2) is 6.71. The fraction of sp³-hybridized carbons (Fsp3) is 0.667. The highest BCUT2D eigenvalue weighted by atomic mass is 32.2. The highest BCUT2D eigenvalue weighted by molar-refractivity contribution is 7.91. The van der Waals surface area contributed by atoms with Crippen molar-refractivity contribution in [1.82, 2.24) is 4.72 Å². The fourth-order valence-electron chi connectivity index (χ4n) is 1.99. The first-order valence-electron chi connectivity index (χ1n) is 6.95. The fourth-order valence-corrected chi connectivity index (χ4v) is 4.50. The van der Waals surface area contributed by atoms with E-state index in [2.05, 4.69) is 10.0 Å². The van der Waals surface area contributed by atoms with Gasteiger partial charge in [0.05, 0.1) is 4.92 Å². The summed E-state index contributed by atoms with van der Waals surface area (Å²) < 4.78 is 26.8. The third-order valence-corrected chi connectivity index (χ3v) is 6.28. The van der Waals surface area contributed by atoms with Crippen LogP contribution in [-0.4, -0.2) is 26.4 Å². The zero-order valence-electron chi connectivity index (χ0n) is 11.8. The number of nitrogens with one attached hydrogen (secondary N) is 2. The molecular formula is C12H19N3O4S2. The lowest BCUT2D eigenvalue weighted by Crippen LogP contribution is -2.24. The molecule has 21 heavy (non-hydrogen) atoms. The Hall–Kier alpha value is -1.19. The molecule has 0 aliphatic heterocycles. The summed E-state index contributed by atoms with van der Waals surface area (Å²) in [4.78, 5) is 10.4. The summed E-state index contributed by atoms with van der Waals surface area (Å²) in [5.74, 6) is 0.762. The van der Waals surface area contributed by atoms with E-state index >= 15 is 0 Å². The number of hydrogen-bond donors (Lipinski definition) is 2. The van der Waals surface area contributed by atoms with E-state index in [0.717, 1.165) is 36.2 Å². The van der Waals surface area contributed by atoms with Gasteiger partial charge in [-0.1, -0.05) is 24.2 Å². The van der Waals surface area contributed by atoms with Crippen LogP contribution in [0.2, 0.25) is 0 Å². The molecule has 1 aromatic heterocycles. The van der Waals surface area contributed by atoms with Gasteiger partial charge < -0.3 is 5.32 Å². The Morgan fingerprint density at radius 2 is 2.19 bits per heavy atom. The van der Waals surface area contributed by atoms with E-state index in [1.807, 2.05) is 0 Å². The third kappa shape index (κ3) is 4.39. The molecule has 0 amide bonds. The minimum absolute atomic E-state index is 0.0171. The van der Waals surface area contributed by atoms with Gasteiger partial charge in [-0.2, -0.15) is 0 Å². The molecule has 0 saturated heterocycles. The molecule has 0 radical (unpaired) electrons. The van der Waals surface area contributed by atoms with Crippen molar-refractivity contribution in [3.05, 3.63) is 16.2 Å². The minimum atomic E-state index is -3.67. The Bertz CT molecular complexity index is 608. The monoisotopic (exact) mass is 333 g/mol. The van der Waals surface area contributed by atoms with E-state index in [0.29, 0.717) is 13.1 Å². The first-order valence-corrected chi connectivity index (χ1v) is 9.25. The Labute approximate surface area is 127 Å². The molecule has 1 heterocycles. The lowest BCUT2D eigenvalue weighted by molar-refractivity contribution is -0.383. The van der Waals surface area contributed by atoms with Crippen LogP contribution in [0.5, 0.6) is 0 Å². The van der Waals surface area contributed by atoms with Crippen molar-refractivity contribution in [3.8, 4) is 0 Å². The molecule has 0 aromatic carbocycles. The summed E-state index contributed by atoms with van der Waals surface area (Å²) in [7, 11) is -3.67. The van der Waals surface area contributed by atoms with E-state index < -0.39 is 14.9 Å². The highest BCUT2D eigenvalue weighted by Gasteiger charge is 2.26. The number of nitro groups is 1. The summed E-state index contributed by atoms with van der Waals surface area (Å²) in [5, 5.41) is 14.0. The van der Waals surface area contributed by atoms with Gasteiger partial charge in [0, 0.05) is 19.2 Å². The van der Waals surface area contributed by atoms with Crippen molar-refractivity contribution in [2.75, 3.05) is 18.4 Å². The first kappa shape index (κ1) is 16.2. The number of anilines is 1. The average molecular weight is 333 g/mol. The quantitative estimate of drug-likeness (QED) is 0.411. The largest absolute Gasteiger partial charge is 0.372 e. The Kier molecular flexibility index (Phi) is 5.17. The van der Waals surface area contributed by atoms with E-state index in [1.54, 1.807) is 6.92 Å². The maximum Gasteiger partial charge on any atom is 0.304 e. The molecule has 118 valence electrons. The lowest BCUT2D eigenvalue weighted by Gasteiger charge is -2.03. The van der Waals surface area contributed by atoms with Gasteiger partial charge in [-0.25, -0.2) is 13.1 Å².